The standard InChI is InChI=1S/C5H9.Hg/c1-2-4-5-3-1;/h1H,2-5H2;. The summed E-state index contributed by atoms with van der Waals surface area (Å²) in [7, 11) is 0. The van der Waals surface area contributed by atoms with Gasteiger partial charge in [-0.05, 0) is 0 Å². The molecule has 0 bridgehead atoms. The molecule has 1 aliphatic rings. The third-order valence-corrected chi connectivity index (χ3v) is 4.65. The van der Waals surface area contributed by atoms with Crippen molar-refractivity contribution in [2.24, 2.45) is 0 Å². The van der Waals surface area contributed by atoms with Crippen LogP contribution in [0.4, 0.5) is 0 Å². The zero-order valence-corrected chi connectivity index (χ0v) is 9.61. The van der Waals surface area contributed by atoms with Crippen LogP contribution in [0.2, 0.25) is 3.43 Å². The van der Waals surface area contributed by atoms with Crippen molar-refractivity contribution in [3.8, 4) is 0 Å². The first-order valence-electron chi connectivity index (χ1n) is 2.72. The molecule has 0 amide bonds. The van der Waals surface area contributed by atoms with Crippen molar-refractivity contribution in [1.82, 2.24) is 0 Å². The summed E-state index contributed by atoms with van der Waals surface area (Å²) in [4.78, 5) is 0. The molecule has 0 saturated heterocycles. The minimum atomic E-state index is 1.10. The molecule has 0 aromatic rings. The molecule has 1 saturated carbocycles. The van der Waals surface area contributed by atoms with Crippen LogP contribution < -0.4 is 0 Å². The van der Waals surface area contributed by atoms with Gasteiger partial charge in [-0.2, -0.15) is 0 Å². The van der Waals surface area contributed by atoms with Gasteiger partial charge in [0.2, 0.25) is 0 Å². The van der Waals surface area contributed by atoms with Gasteiger partial charge in [0, 0.05) is 0 Å². The molecule has 1 aliphatic carbocycles. The summed E-state index contributed by atoms with van der Waals surface area (Å²) in [6.07, 6.45) is 6.22. The van der Waals surface area contributed by atoms with E-state index in [1.54, 1.807) is 12.8 Å². The molecule has 0 aromatic heterocycles. The van der Waals surface area contributed by atoms with Crippen molar-refractivity contribution in [3.63, 3.8) is 0 Å². The number of hydrogen-bond acceptors (Lipinski definition) is 0. The van der Waals surface area contributed by atoms with E-state index in [4.69, 9.17) is 0 Å². The van der Waals surface area contributed by atoms with Crippen molar-refractivity contribution >= 4 is 0 Å². The average molecular weight is 270 g/mol. The van der Waals surface area contributed by atoms with Crippen LogP contribution in [0, 0.1) is 0 Å². The van der Waals surface area contributed by atoms with Gasteiger partial charge in [-0.15, -0.1) is 0 Å². The van der Waals surface area contributed by atoms with E-state index in [9.17, 15) is 0 Å². The van der Waals surface area contributed by atoms with Crippen LogP contribution in [0.3, 0.4) is 0 Å². The van der Waals surface area contributed by atoms with Gasteiger partial charge in [0.1, 0.15) is 0 Å². The Labute approximate surface area is 55.3 Å². The predicted molar refractivity (Wildman–Crippen MR) is 22.2 cm³/mol. The van der Waals surface area contributed by atoms with E-state index in [-0.39, 0.29) is 0 Å². The predicted octanol–water partition coefficient (Wildman–Crippen LogP) is 1.90. The van der Waals surface area contributed by atoms with Crippen molar-refractivity contribution in [3.05, 3.63) is 0 Å². The van der Waals surface area contributed by atoms with E-state index in [2.05, 4.69) is 0 Å². The SMILES string of the molecule is [Hg][CH]1CCCC1. The van der Waals surface area contributed by atoms with E-state index in [0.29, 0.717) is 0 Å². The molecular formula is C5H9Hg. The maximum atomic E-state index is 1.57. The second kappa shape index (κ2) is 2.30. The van der Waals surface area contributed by atoms with Gasteiger partial charge in [-0.25, -0.2) is 0 Å². The molecule has 0 aromatic carbocycles. The van der Waals surface area contributed by atoms with E-state index >= 15 is 0 Å². The van der Waals surface area contributed by atoms with E-state index in [0.717, 1.165) is 26.1 Å². The zero-order valence-electron chi connectivity index (χ0n) is 4.11. The summed E-state index contributed by atoms with van der Waals surface area (Å²) in [5, 5.41) is 0. The molecule has 0 N–H and O–H groups in total. The van der Waals surface area contributed by atoms with Crippen LogP contribution in [-0.2, 0) is 26.1 Å². The normalized spacial score (nSPS) is 25.7. The summed E-state index contributed by atoms with van der Waals surface area (Å²) < 4.78 is 1.24. The maximum absolute atomic E-state index is 1.57. The molecular weight excluding hydrogens is 261 g/mol. The Balaban J connectivity index is 2.18. The molecule has 1 fully saturated rings. The molecule has 1 heteroatoms. The number of hydrogen-bond donors (Lipinski definition) is 0. The molecule has 1 rings (SSSR count). The molecule has 6 heavy (non-hydrogen) atoms. The summed E-state index contributed by atoms with van der Waals surface area (Å²) in [6, 6.07) is 0. The topological polar surface area (TPSA) is 0 Å². The Hall–Kier alpha value is 0.935. The van der Waals surface area contributed by atoms with Crippen molar-refractivity contribution in [2.75, 3.05) is 0 Å². The Morgan fingerprint density at radius 2 is 1.67 bits per heavy atom. The second-order valence-electron chi connectivity index (χ2n) is 2.15. The molecule has 0 nitrogen and oxygen atoms in total. The van der Waals surface area contributed by atoms with Crippen LogP contribution in [0.5, 0.6) is 0 Å². The van der Waals surface area contributed by atoms with Gasteiger partial charge in [0.15, 0.2) is 0 Å². The third-order valence-electron chi connectivity index (χ3n) is 1.47. The van der Waals surface area contributed by atoms with Gasteiger partial charge < -0.3 is 0 Å². The third kappa shape index (κ3) is 1.21. The molecule has 0 heterocycles. The second-order valence-corrected chi connectivity index (χ2v) is 6.64. The van der Waals surface area contributed by atoms with Crippen molar-refractivity contribution in [1.29, 1.82) is 0 Å². The fraction of sp³-hybridized carbons (Fsp3) is 1.00. The average Bonchev–Trinajstić information content (AvgIpc) is 1.86. The monoisotopic (exact) mass is 271 g/mol. The van der Waals surface area contributed by atoms with Crippen molar-refractivity contribution in [2.45, 2.75) is 29.1 Å². The molecule has 0 aliphatic heterocycles. The summed E-state index contributed by atoms with van der Waals surface area (Å²) >= 11 is 1.10. The first-order valence-corrected chi connectivity index (χ1v) is 5.90. The number of rotatable bonds is 0. The Morgan fingerprint density at radius 3 is 1.83 bits per heavy atom. The van der Waals surface area contributed by atoms with Crippen LogP contribution in [0.25, 0.3) is 0 Å². The van der Waals surface area contributed by atoms with E-state index in [1.165, 1.54) is 16.3 Å². The van der Waals surface area contributed by atoms with Gasteiger partial charge >= 0.3 is 55.2 Å². The summed E-state index contributed by atoms with van der Waals surface area (Å²) in [5.74, 6) is 0. The quantitative estimate of drug-likeness (QED) is 0.589. The molecule has 0 radical (unpaired) electrons. The summed E-state index contributed by atoms with van der Waals surface area (Å²) in [6.45, 7) is 0. The zero-order chi connectivity index (χ0) is 4.41. The fourth-order valence-electron chi connectivity index (χ4n) is 1.01. The molecule has 0 unspecified atom stereocenters. The molecule has 31 valence electrons. The fourth-order valence-corrected chi connectivity index (χ4v) is 3.25. The van der Waals surface area contributed by atoms with Crippen molar-refractivity contribution < 1.29 is 26.1 Å². The van der Waals surface area contributed by atoms with E-state index < -0.39 is 0 Å². The molecule has 0 atom stereocenters. The van der Waals surface area contributed by atoms with Crippen LogP contribution in [0.15, 0.2) is 0 Å². The van der Waals surface area contributed by atoms with Gasteiger partial charge in [-0.3, -0.25) is 0 Å². The Morgan fingerprint density at radius 1 is 1.17 bits per heavy atom. The van der Waals surface area contributed by atoms with Gasteiger partial charge in [0.05, 0.1) is 0 Å². The van der Waals surface area contributed by atoms with Gasteiger partial charge in [0.25, 0.3) is 0 Å². The Kier molecular flexibility index (Phi) is 1.94. The summed E-state index contributed by atoms with van der Waals surface area (Å²) in [5.41, 5.74) is 0. The van der Waals surface area contributed by atoms with Crippen LogP contribution >= 0.6 is 0 Å². The van der Waals surface area contributed by atoms with Gasteiger partial charge in [-0.1, -0.05) is 0 Å². The first-order chi connectivity index (χ1) is 2.89. The molecule has 0 spiro atoms. The first kappa shape index (κ1) is 5.08. The van der Waals surface area contributed by atoms with Crippen LogP contribution in [0.1, 0.15) is 25.7 Å². The van der Waals surface area contributed by atoms with Crippen LogP contribution in [-0.4, -0.2) is 0 Å². The Bertz CT molecular complexity index is 37.2. The minimum absolute atomic E-state index is 1.10. The van der Waals surface area contributed by atoms with E-state index in [1.807, 2.05) is 0 Å².